The van der Waals surface area contributed by atoms with E-state index in [0.29, 0.717) is 17.1 Å². The van der Waals surface area contributed by atoms with Crippen LogP contribution in [0.2, 0.25) is 0 Å². The largest absolute Gasteiger partial charge is 0.493 e. The molecule has 7 heteroatoms. The highest BCUT2D eigenvalue weighted by atomic mass is 32.2. The molecule has 0 bridgehead atoms. The zero-order chi connectivity index (χ0) is 21.9. The normalized spacial score (nSPS) is 15.2. The highest BCUT2D eigenvalue weighted by molar-refractivity contribution is 7.89. The third-order valence-electron chi connectivity index (χ3n) is 5.40. The van der Waals surface area contributed by atoms with Crippen LogP contribution in [0.5, 0.6) is 11.5 Å². The Bertz CT molecular complexity index is 985. The van der Waals surface area contributed by atoms with Gasteiger partial charge in [0, 0.05) is 12.6 Å². The fourth-order valence-electron chi connectivity index (χ4n) is 3.93. The molecule has 0 amide bonds. The number of methoxy groups -OCH3 is 1. The van der Waals surface area contributed by atoms with Crippen LogP contribution in [-0.4, -0.2) is 32.0 Å². The van der Waals surface area contributed by atoms with E-state index in [9.17, 15) is 12.8 Å². The number of hydrogen-bond acceptors (Lipinski definition) is 4. The highest BCUT2D eigenvalue weighted by Gasteiger charge is 2.34. The second-order valence-corrected chi connectivity index (χ2v) is 9.91. The van der Waals surface area contributed by atoms with Crippen LogP contribution < -0.4 is 9.47 Å². The van der Waals surface area contributed by atoms with Gasteiger partial charge in [-0.2, -0.15) is 4.31 Å². The Kier molecular flexibility index (Phi) is 7.03. The van der Waals surface area contributed by atoms with E-state index in [-0.39, 0.29) is 23.6 Å². The summed E-state index contributed by atoms with van der Waals surface area (Å²) < 4.78 is 53.8. The summed E-state index contributed by atoms with van der Waals surface area (Å²) in [5, 5.41) is 0. The lowest BCUT2D eigenvalue weighted by atomic mass is 10.1. The number of aryl methyl sites for hydroxylation is 1. The summed E-state index contributed by atoms with van der Waals surface area (Å²) in [5.74, 6) is 0.627. The van der Waals surface area contributed by atoms with Gasteiger partial charge in [-0.1, -0.05) is 25.0 Å². The van der Waals surface area contributed by atoms with Crippen LogP contribution in [0.15, 0.2) is 41.3 Å². The second kappa shape index (κ2) is 9.35. The first-order chi connectivity index (χ1) is 14.2. The van der Waals surface area contributed by atoms with Gasteiger partial charge in [-0.05, 0) is 69.0 Å². The molecule has 164 valence electrons. The molecule has 2 aromatic carbocycles. The predicted molar refractivity (Wildman–Crippen MR) is 115 cm³/mol. The molecule has 0 heterocycles. The first-order valence-electron chi connectivity index (χ1n) is 10.3. The predicted octanol–water partition coefficient (Wildman–Crippen LogP) is 5.06. The van der Waals surface area contributed by atoms with Crippen molar-refractivity contribution in [2.75, 3.05) is 7.11 Å². The molecule has 0 N–H and O–H groups in total. The van der Waals surface area contributed by atoms with Gasteiger partial charge in [0.15, 0.2) is 11.5 Å². The molecule has 0 atom stereocenters. The van der Waals surface area contributed by atoms with Crippen molar-refractivity contribution < 1.29 is 22.3 Å². The third kappa shape index (κ3) is 4.95. The number of hydrogen-bond donors (Lipinski definition) is 0. The maximum atomic E-state index is 13.9. The molecule has 0 aromatic heterocycles. The van der Waals surface area contributed by atoms with E-state index in [0.717, 1.165) is 37.3 Å². The van der Waals surface area contributed by atoms with Gasteiger partial charge < -0.3 is 9.47 Å². The maximum absolute atomic E-state index is 13.9. The van der Waals surface area contributed by atoms with E-state index in [1.54, 1.807) is 20.1 Å². The fourth-order valence-corrected chi connectivity index (χ4v) is 5.84. The van der Waals surface area contributed by atoms with Crippen molar-refractivity contribution in [2.45, 2.75) is 70.0 Å². The van der Waals surface area contributed by atoms with E-state index >= 15 is 0 Å². The molecule has 30 heavy (non-hydrogen) atoms. The minimum absolute atomic E-state index is 0.0292. The number of benzene rings is 2. The monoisotopic (exact) mass is 435 g/mol. The molecule has 1 saturated carbocycles. The van der Waals surface area contributed by atoms with Crippen LogP contribution in [0, 0.1) is 12.7 Å². The Hall–Kier alpha value is -2.12. The van der Waals surface area contributed by atoms with E-state index < -0.39 is 15.8 Å². The van der Waals surface area contributed by atoms with Gasteiger partial charge in [0.1, 0.15) is 5.82 Å². The molecule has 0 unspecified atom stereocenters. The van der Waals surface area contributed by atoms with Crippen molar-refractivity contribution in [3.8, 4) is 11.5 Å². The number of rotatable bonds is 8. The van der Waals surface area contributed by atoms with Crippen molar-refractivity contribution in [3.05, 3.63) is 53.3 Å². The molecule has 1 fully saturated rings. The van der Waals surface area contributed by atoms with Crippen molar-refractivity contribution in [3.63, 3.8) is 0 Å². The minimum atomic E-state index is -3.87. The smallest absolute Gasteiger partial charge is 0.243 e. The molecule has 1 aliphatic carbocycles. The first-order valence-corrected chi connectivity index (χ1v) is 11.8. The standard InChI is InChI=1S/C23H30FNO4S/c1-16(2)29-22-13-18(10-12-21(22)28-4)15-25(20-7-5-6-8-20)30(26,27)23-14-19(24)11-9-17(23)3/h9-14,16,20H,5-8,15H2,1-4H3. The molecule has 2 aromatic rings. The van der Waals surface area contributed by atoms with Crippen LogP contribution in [0.3, 0.4) is 0 Å². The van der Waals surface area contributed by atoms with Crippen LogP contribution >= 0.6 is 0 Å². The first kappa shape index (κ1) is 22.6. The molecule has 1 aliphatic rings. The summed E-state index contributed by atoms with van der Waals surface area (Å²) in [6.45, 7) is 5.74. The Balaban J connectivity index is 2.00. The van der Waals surface area contributed by atoms with E-state index in [4.69, 9.17) is 9.47 Å². The minimum Gasteiger partial charge on any atom is -0.493 e. The second-order valence-electron chi connectivity index (χ2n) is 8.05. The van der Waals surface area contributed by atoms with Crippen molar-refractivity contribution in [1.82, 2.24) is 4.31 Å². The summed E-state index contributed by atoms with van der Waals surface area (Å²) in [7, 11) is -2.29. The van der Waals surface area contributed by atoms with Crippen molar-refractivity contribution in [2.24, 2.45) is 0 Å². The SMILES string of the molecule is COc1ccc(CN(C2CCCC2)S(=O)(=O)c2cc(F)ccc2C)cc1OC(C)C. The summed E-state index contributed by atoms with van der Waals surface area (Å²) in [4.78, 5) is 0.0292. The summed E-state index contributed by atoms with van der Waals surface area (Å²) in [6, 6.07) is 9.28. The lowest BCUT2D eigenvalue weighted by Crippen LogP contribution is -2.38. The van der Waals surface area contributed by atoms with Crippen LogP contribution in [0.4, 0.5) is 4.39 Å². The molecule has 3 rings (SSSR count). The highest BCUT2D eigenvalue weighted by Crippen LogP contribution is 2.34. The van der Waals surface area contributed by atoms with Crippen LogP contribution in [0.25, 0.3) is 0 Å². The Morgan fingerprint density at radius 3 is 2.43 bits per heavy atom. The molecule has 0 aliphatic heterocycles. The lowest BCUT2D eigenvalue weighted by molar-refractivity contribution is 0.229. The van der Waals surface area contributed by atoms with Gasteiger partial charge in [0.05, 0.1) is 18.1 Å². The van der Waals surface area contributed by atoms with Gasteiger partial charge in [-0.15, -0.1) is 0 Å². The molecule has 0 saturated heterocycles. The average molecular weight is 436 g/mol. The van der Waals surface area contributed by atoms with Gasteiger partial charge in [0.25, 0.3) is 0 Å². The fraction of sp³-hybridized carbons (Fsp3) is 0.478. The zero-order valence-corrected chi connectivity index (χ0v) is 18.8. The third-order valence-corrected chi connectivity index (χ3v) is 7.44. The number of ether oxygens (including phenoxy) is 2. The molecule has 0 spiro atoms. The lowest BCUT2D eigenvalue weighted by Gasteiger charge is -2.29. The molecule has 5 nitrogen and oxygen atoms in total. The van der Waals surface area contributed by atoms with Crippen LogP contribution in [0.1, 0.15) is 50.7 Å². The average Bonchev–Trinajstić information content (AvgIpc) is 3.21. The zero-order valence-electron chi connectivity index (χ0n) is 18.0. The summed E-state index contributed by atoms with van der Waals surface area (Å²) >= 11 is 0. The van der Waals surface area contributed by atoms with Gasteiger partial charge >= 0.3 is 0 Å². The van der Waals surface area contributed by atoms with Gasteiger partial charge in [-0.25, -0.2) is 12.8 Å². The number of nitrogens with zero attached hydrogens (tertiary/aromatic N) is 1. The van der Waals surface area contributed by atoms with Crippen LogP contribution in [-0.2, 0) is 16.6 Å². The summed E-state index contributed by atoms with van der Waals surface area (Å²) in [6.07, 6.45) is 3.54. The van der Waals surface area contributed by atoms with E-state index in [2.05, 4.69) is 0 Å². The quantitative estimate of drug-likeness (QED) is 0.581. The topological polar surface area (TPSA) is 55.8 Å². The van der Waals surface area contributed by atoms with Gasteiger partial charge in [-0.3, -0.25) is 0 Å². The molecule has 0 radical (unpaired) electrons. The Morgan fingerprint density at radius 1 is 1.10 bits per heavy atom. The number of halogens is 1. The molecular weight excluding hydrogens is 405 g/mol. The maximum Gasteiger partial charge on any atom is 0.243 e. The Labute approximate surface area is 178 Å². The summed E-state index contributed by atoms with van der Waals surface area (Å²) in [5.41, 5.74) is 1.34. The van der Waals surface area contributed by atoms with Crippen molar-refractivity contribution >= 4 is 10.0 Å². The van der Waals surface area contributed by atoms with E-state index in [1.807, 2.05) is 26.0 Å². The Morgan fingerprint density at radius 2 is 1.80 bits per heavy atom. The number of sulfonamides is 1. The van der Waals surface area contributed by atoms with Gasteiger partial charge in [0.2, 0.25) is 10.0 Å². The van der Waals surface area contributed by atoms with E-state index in [1.165, 1.54) is 16.4 Å². The van der Waals surface area contributed by atoms with Crippen molar-refractivity contribution in [1.29, 1.82) is 0 Å². The molecular formula is C23H30FNO4S.